The van der Waals surface area contributed by atoms with Crippen molar-refractivity contribution in [3.8, 4) is 5.75 Å². The highest BCUT2D eigenvalue weighted by Gasteiger charge is 2.34. The summed E-state index contributed by atoms with van der Waals surface area (Å²) in [5.74, 6) is -4.19. The predicted octanol–water partition coefficient (Wildman–Crippen LogP) is 10.5. The van der Waals surface area contributed by atoms with E-state index in [0.29, 0.717) is 24.2 Å². The number of rotatable bonds is 7. The minimum absolute atomic E-state index is 0.00197. The van der Waals surface area contributed by atoms with E-state index in [-0.39, 0.29) is 24.6 Å². The highest BCUT2D eigenvalue weighted by molar-refractivity contribution is 5.30. The Morgan fingerprint density at radius 1 is 0.718 bits per heavy atom. The average Bonchev–Trinajstić information content (AvgIpc) is 2.88. The van der Waals surface area contributed by atoms with Crippen LogP contribution in [0.5, 0.6) is 5.75 Å². The molecule has 39 heavy (non-hydrogen) atoms. The molecule has 4 rings (SSSR count). The summed E-state index contributed by atoms with van der Waals surface area (Å²) >= 11 is 0. The third-order valence-corrected chi connectivity index (χ3v) is 8.02. The van der Waals surface area contributed by atoms with Gasteiger partial charge in [0.1, 0.15) is 11.6 Å². The summed E-state index contributed by atoms with van der Waals surface area (Å²) in [4.78, 5) is 0. The quantitative estimate of drug-likeness (QED) is 0.304. The summed E-state index contributed by atoms with van der Waals surface area (Å²) < 4.78 is 102. The number of hydrogen-bond acceptors (Lipinski definition) is 1. The van der Waals surface area contributed by atoms with Gasteiger partial charge in [0, 0.05) is 12.1 Å². The van der Waals surface area contributed by atoms with Gasteiger partial charge in [-0.15, -0.1) is 13.2 Å². The summed E-state index contributed by atoms with van der Waals surface area (Å²) in [6, 6.07) is 6.25. The number of alkyl halides is 4. The van der Waals surface area contributed by atoms with Gasteiger partial charge in [-0.05, 0) is 98.7 Å². The standard InChI is InChI=1S/C23H34F2.C7H2F6O/c1-2-3-17-4-8-19(9-5-17)21-12-13-22(23(25)16-21)20-10-6-18(7-11-20)14-15-24;8-3-1-4(9)6(5(10)2-3)14-7(11,12)13/h12-13,16-20H,2-11,14-15H2,1H3;1-2H. The first kappa shape index (κ1) is 31.2. The molecule has 218 valence electrons. The third kappa shape index (κ3) is 9.38. The highest BCUT2D eigenvalue weighted by atomic mass is 19.4. The molecule has 9 heteroatoms. The van der Waals surface area contributed by atoms with E-state index in [9.17, 15) is 35.1 Å². The van der Waals surface area contributed by atoms with Crippen LogP contribution in [0, 0.1) is 35.1 Å². The van der Waals surface area contributed by atoms with Crippen molar-refractivity contribution in [3.05, 3.63) is 64.7 Å². The molecule has 0 amide bonds. The van der Waals surface area contributed by atoms with Crippen LogP contribution in [0.2, 0.25) is 0 Å². The number of hydrogen-bond donors (Lipinski definition) is 0. The molecule has 2 fully saturated rings. The van der Waals surface area contributed by atoms with E-state index >= 15 is 0 Å². The second kappa shape index (κ2) is 14.4. The van der Waals surface area contributed by atoms with Gasteiger partial charge in [-0.1, -0.05) is 31.9 Å². The summed E-state index contributed by atoms with van der Waals surface area (Å²) in [6.45, 7) is 2.06. The van der Waals surface area contributed by atoms with E-state index in [1.165, 1.54) is 44.1 Å². The lowest BCUT2D eigenvalue weighted by molar-refractivity contribution is -0.276. The minimum atomic E-state index is -5.22. The Hall–Kier alpha value is -2.32. The van der Waals surface area contributed by atoms with Crippen LogP contribution in [-0.4, -0.2) is 13.0 Å². The maximum absolute atomic E-state index is 14.8. The predicted molar refractivity (Wildman–Crippen MR) is 134 cm³/mol. The number of ether oxygens (including phenoxy) is 1. The topological polar surface area (TPSA) is 9.23 Å². The van der Waals surface area contributed by atoms with Crippen LogP contribution in [0.15, 0.2) is 30.3 Å². The molecule has 2 saturated carbocycles. The smallest absolute Gasteiger partial charge is 0.399 e. The molecule has 0 N–H and O–H groups in total. The second-order valence-corrected chi connectivity index (χ2v) is 10.7. The Morgan fingerprint density at radius 2 is 1.26 bits per heavy atom. The monoisotopic (exact) mass is 564 g/mol. The largest absolute Gasteiger partial charge is 0.573 e. The van der Waals surface area contributed by atoms with E-state index in [1.54, 1.807) is 0 Å². The Balaban J connectivity index is 0.000000255. The number of halogens is 8. The molecule has 0 saturated heterocycles. The van der Waals surface area contributed by atoms with Crippen molar-refractivity contribution < 1.29 is 39.9 Å². The van der Waals surface area contributed by atoms with Crippen molar-refractivity contribution in [1.29, 1.82) is 0 Å². The van der Waals surface area contributed by atoms with E-state index in [1.807, 2.05) is 6.07 Å². The fraction of sp³-hybridized carbons (Fsp3) is 0.600. The molecule has 2 aromatic carbocycles. The van der Waals surface area contributed by atoms with E-state index < -0.39 is 29.6 Å². The van der Waals surface area contributed by atoms with Crippen LogP contribution < -0.4 is 4.74 Å². The average molecular weight is 565 g/mol. The van der Waals surface area contributed by atoms with E-state index in [0.717, 1.165) is 37.2 Å². The van der Waals surface area contributed by atoms with Crippen LogP contribution in [0.1, 0.15) is 101 Å². The van der Waals surface area contributed by atoms with Crippen molar-refractivity contribution in [1.82, 2.24) is 0 Å². The van der Waals surface area contributed by atoms with Gasteiger partial charge < -0.3 is 4.74 Å². The van der Waals surface area contributed by atoms with Crippen LogP contribution >= 0.6 is 0 Å². The molecule has 0 radical (unpaired) electrons. The summed E-state index contributed by atoms with van der Waals surface area (Å²) in [5, 5.41) is 0. The number of benzene rings is 2. The third-order valence-electron chi connectivity index (χ3n) is 8.02. The van der Waals surface area contributed by atoms with Crippen LogP contribution in [0.3, 0.4) is 0 Å². The van der Waals surface area contributed by atoms with E-state index in [2.05, 4.69) is 23.8 Å². The Labute approximate surface area is 224 Å². The van der Waals surface area contributed by atoms with Crippen LogP contribution in [-0.2, 0) is 0 Å². The fourth-order valence-electron chi connectivity index (χ4n) is 5.98. The van der Waals surface area contributed by atoms with Gasteiger partial charge in [0.2, 0.25) is 5.75 Å². The van der Waals surface area contributed by atoms with Crippen LogP contribution in [0.25, 0.3) is 0 Å². The molecule has 0 atom stereocenters. The van der Waals surface area contributed by atoms with Gasteiger partial charge in [0.25, 0.3) is 0 Å². The molecule has 0 unspecified atom stereocenters. The minimum Gasteiger partial charge on any atom is -0.399 e. The zero-order chi connectivity index (χ0) is 28.6. The molecule has 2 aromatic rings. The van der Waals surface area contributed by atoms with Crippen molar-refractivity contribution in [2.75, 3.05) is 6.67 Å². The summed E-state index contributed by atoms with van der Waals surface area (Å²) in [7, 11) is 0. The van der Waals surface area contributed by atoms with Gasteiger partial charge in [0.05, 0.1) is 6.67 Å². The van der Waals surface area contributed by atoms with Gasteiger partial charge in [-0.3, -0.25) is 4.39 Å². The molecule has 0 bridgehead atoms. The molecule has 0 heterocycles. The molecular formula is C30H36F8O. The first-order valence-electron chi connectivity index (χ1n) is 13.8. The molecule has 0 aliphatic heterocycles. The Kier molecular flexibility index (Phi) is 11.5. The first-order chi connectivity index (χ1) is 18.5. The second-order valence-electron chi connectivity index (χ2n) is 10.7. The normalized spacial score (nSPS) is 23.6. The molecular weight excluding hydrogens is 528 g/mol. The molecule has 1 nitrogen and oxygen atoms in total. The zero-order valence-corrected chi connectivity index (χ0v) is 22.1. The first-order valence-corrected chi connectivity index (χ1v) is 13.8. The lowest BCUT2D eigenvalue weighted by Gasteiger charge is -2.30. The summed E-state index contributed by atoms with van der Waals surface area (Å²) in [5.41, 5.74) is 2.12. The van der Waals surface area contributed by atoms with Crippen LogP contribution in [0.4, 0.5) is 35.1 Å². The molecule has 2 aliphatic rings. The van der Waals surface area contributed by atoms with Gasteiger partial charge in [-0.2, -0.15) is 0 Å². The lowest BCUT2D eigenvalue weighted by atomic mass is 9.75. The zero-order valence-electron chi connectivity index (χ0n) is 22.1. The Morgan fingerprint density at radius 3 is 1.74 bits per heavy atom. The molecule has 0 spiro atoms. The van der Waals surface area contributed by atoms with Gasteiger partial charge in [-0.25, -0.2) is 17.6 Å². The molecule has 2 aliphatic carbocycles. The van der Waals surface area contributed by atoms with E-state index in [4.69, 9.17) is 0 Å². The van der Waals surface area contributed by atoms with Crippen molar-refractivity contribution in [3.63, 3.8) is 0 Å². The van der Waals surface area contributed by atoms with Gasteiger partial charge in [0.15, 0.2) is 11.6 Å². The highest BCUT2D eigenvalue weighted by Crippen LogP contribution is 2.41. The van der Waals surface area contributed by atoms with Crippen molar-refractivity contribution in [2.45, 2.75) is 95.8 Å². The maximum atomic E-state index is 14.8. The van der Waals surface area contributed by atoms with Gasteiger partial charge >= 0.3 is 6.36 Å². The fourth-order valence-corrected chi connectivity index (χ4v) is 5.98. The lowest BCUT2D eigenvalue weighted by Crippen LogP contribution is -2.19. The van der Waals surface area contributed by atoms with Crippen molar-refractivity contribution in [2.24, 2.45) is 11.8 Å². The SMILES string of the molecule is CCCC1CCC(c2ccc(C3CCC(CCF)CC3)c(F)c2)CC1.Fc1cc(F)c(OC(F)(F)F)c(F)c1. The Bertz CT molecular complexity index is 1010. The van der Waals surface area contributed by atoms with Crippen molar-refractivity contribution >= 4 is 0 Å². The maximum Gasteiger partial charge on any atom is 0.573 e. The summed E-state index contributed by atoms with van der Waals surface area (Å²) in [6.07, 6.45) is 7.29. The molecule has 0 aromatic heterocycles.